The molecule has 5 heteroatoms. The third kappa shape index (κ3) is 4.56. The fraction of sp³-hybridized carbons (Fsp3) is 0.625. The molecule has 1 N–H and O–H groups in total. The highest BCUT2D eigenvalue weighted by Crippen LogP contribution is 2.30. The number of ether oxygens (including phenoxy) is 2. The van der Waals surface area contributed by atoms with Crippen molar-refractivity contribution in [2.45, 2.75) is 51.8 Å². The summed E-state index contributed by atoms with van der Waals surface area (Å²) in [5, 5.41) is 3.47. The molecule has 0 heterocycles. The van der Waals surface area contributed by atoms with Crippen molar-refractivity contribution >= 4 is 0 Å². The number of rotatable bonds is 7. The molecule has 118 valence electrons. The van der Waals surface area contributed by atoms with E-state index in [1.54, 1.807) is 12.1 Å². The second-order valence-corrected chi connectivity index (χ2v) is 5.58. The van der Waals surface area contributed by atoms with Gasteiger partial charge in [0.1, 0.15) is 0 Å². The molecule has 0 bridgehead atoms. The second kappa shape index (κ2) is 7.59. The van der Waals surface area contributed by atoms with Crippen LogP contribution in [0.15, 0.2) is 18.2 Å². The van der Waals surface area contributed by atoms with Gasteiger partial charge in [-0.25, -0.2) is 0 Å². The van der Waals surface area contributed by atoms with Gasteiger partial charge in [0.2, 0.25) is 0 Å². The molecule has 0 amide bonds. The minimum Gasteiger partial charge on any atom is -0.493 e. The lowest BCUT2D eigenvalue weighted by Gasteiger charge is -2.20. The van der Waals surface area contributed by atoms with Crippen LogP contribution in [-0.2, 0) is 6.54 Å². The first-order valence-corrected chi connectivity index (χ1v) is 7.45. The second-order valence-electron chi connectivity index (χ2n) is 5.58. The van der Waals surface area contributed by atoms with E-state index in [4.69, 9.17) is 4.74 Å². The summed E-state index contributed by atoms with van der Waals surface area (Å²) in [6.45, 7) is -0.0170. The van der Waals surface area contributed by atoms with E-state index < -0.39 is 6.61 Å². The van der Waals surface area contributed by atoms with Crippen LogP contribution in [0.4, 0.5) is 8.78 Å². The topological polar surface area (TPSA) is 30.5 Å². The van der Waals surface area contributed by atoms with Crippen molar-refractivity contribution in [2.24, 2.45) is 5.92 Å². The van der Waals surface area contributed by atoms with Gasteiger partial charge in [-0.05, 0) is 43.4 Å². The average Bonchev–Trinajstić information content (AvgIpc) is 2.98. The van der Waals surface area contributed by atoms with Crippen LogP contribution in [0.1, 0.15) is 38.2 Å². The van der Waals surface area contributed by atoms with E-state index in [0.29, 0.717) is 18.3 Å². The third-order valence-corrected chi connectivity index (χ3v) is 4.18. The number of nitrogens with one attached hydrogen (secondary N) is 1. The number of halogens is 2. The molecule has 1 fully saturated rings. The summed E-state index contributed by atoms with van der Waals surface area (Å²) in [6, 6.07) is 5.58. The molecule has 0 aliphatic heterocycles. The van der Waals surface area contributed by atoms with Gasteiger partial charge in [-0.15, -0.1) is 0 Å². The summed E-state index contributed by atoms with van der Waals surface area (Å²) in [5.41, 5.74) is 0.913. The van der Waals surface area contributed by atoms with Crippen molar-refractivity contribution in [2.75, 3.05) is 7.11 Å². The molecule has 1 aliphatic carbocycles. The minimum atomic E-state index is -2.85. The van der Waals surface area contributed by atoms with Crippen LogP contribution in [0.2, 0.25) is 0 Å². The Labute approximate surface area is 124 Å². The van der Waals surface area contributed by atoms with Crippen LogP contribution in [0.5, 0.6) is 11.5 Å². The van der Waals surface area contributed by atoms with Gasteiger partial charge in [0.05, 0.1) is 7.11 Å². The quantitative estimate of drug-likeness (QED) is 0.826. The Balaban J connectivity index is 1.96. The first-order chi connectivity index (χ1) is 10.1. The lowest BCUT2D eigenvalue weighted by atomic mass is 9.99. The normalized spacial score (nSPS) is 17.2. The Bertz CT molecular complexity index is 448. The number of alkyl halides is 2. The van der Waals surface area contributed by atoms with Crippen LogP contribution in [0.25, 0.3) is 0 Å². The fourth-order valence-electron chi connectivity index (χ4n) is 2.92. The summed E-state index contributed by atoms with van der Waals surface area (Å²) in [7, 11) is 1.44. The number of hydrogen-bond donors (Lipinski definition) is 1. The molecular formula is C16H23F2NO2. The number of benzene rings is 1. The lowest BCUT2D eigenvalue weighted by molar-refractivity contribution is -0.0512. The Morgan fingerprint density at radius 1 is 1.24 bits per heavy atom. The summed E-state index contributed by atoms with van der Waals surface area (Å²) >= 11 is 0. The van der Waals surface area contributed by atoms with Crippen molar-refractivity contribution in [1.82, 2.24) is 5.32 Å². The van der Waals surface area contributed by atoms with Crippen molar-refractivity contribution in [3.05, 3.63) is 23.8 Å². The summed E-state index contributed by atoms with van der Waals surface area (Å²) < 4.78 is 34.3. The maximum atomic E-state index is 12.4. The highest BCUT2D eigenvalue weighted by molar-refractivity contribution is 5.43. The number of hydrogen-bond acceptors (Lipinski definition) is 3. The smallest absolute Gasteiger partial charge is 0.387 e. The van der Waals surface area contributed by atoms with Crippen LogP contribution in [-0.4, -0.2) is 19.8 Å². The van der Waals surface area contributed by atoms with Gasteiger partial charge in [-0.3, -0.25) is 0 Å². The zero-order chi connectivity index (χ0) is 15.2. The van der Waals surface area contributed by atoms with E-state index in [-0.39, 0.29) is 5.75 Å². The van der Waals surface area contributed by atoms with Gasteiger partial charge in [0.25, 0.3) is 0 Å². The summed E-state index contributed by atoms with van der Waals surface area (Å²) in [4.78, 5) is 0. The van der Waals surface area contributed by atoms with Crippen LogP contribution in [0.3, 0.4) is 0 Å². The van der Waals surface area contributed by atoms with E-state index in [1.165, 1.54) is 32.8 Å². The highest BCUT2D eigenvalue weighted by Gasteiger charge is 2.21. The molecule has 3 nitrogen and oxygen atoms in total. The lowest BCUT2D eigenvalue weighted by Crippen LogP contribution is -2.31. The molecule has 0 aromatic heterocycles. The maximum Gasteiger partial charge on any atom is 0.387 e. The van der Waals surface area contributed by atoms with E-state index in [0.717, 1.165) is 11.5 Å². The molecule has 1 aromatic rings. The van der Waals surface area contributed by atoms with Crippen LogP contribution in [0, 0.1) is 5.92 Å². The molecule has 0 radical (unpaired) electrons. The van der Waals surface area contributed by atoms with Gasteiger partial charge in [-0.1, -0.05) is 18.9 Å². The van der Waals surface area contributed by atoms with Crippen molar-refractivity contribution < 1.29 is 18.3 Å². The van der Waals surface area contributed by atoms with Crippen LogP contribution >= 0.6 is 0 Å². The molecular weight excluding hydrogens is 276 g/mol. The van der Waals surface area contributed by atoms with Gasteiger partial charge >= 0.3 is 6.61 Å². The van der Waals surface area contributed by atoms with Crippen LogP contribution < -0.4 is 14.8 Å². The molecule has 0 unspecified atom stereocenters. The fourth-order valence-corrected chi connectivity index (χ4v) is 2.92. The Hall–Kier alpha value is -1.36. The monoisotopic (exact) mass is 299 g/mol. The van der Waals surface area contributed by atoms with Crippen molar-refractivity contribution in [3.8, 4) is 11.5 Å². The van der Waals surface area contributed by atoms with E-state index in [1.807, 2.05) is 6.07 Å². The van der Waals surface area contributed by atoms with E-state index in [9.17, 15) is 8.78 Å². The first kappa shape index (κ1) is 16.0. The Morgan fingerprint density at radius 3 is 2.57 bits per heavy atom. The molecule has 0 saturated heterocycles. The molecule has 1 aliphatic rings. The third-order valence-electron chi connectivity index (χ3n) is 4.18. The predicted molar refractivity (Wildman–Crippen MR) is 77.9 cm³/mol. The average molecular weight is 299 g/mol. The largest absolute Gasteiger partial charge is 0.493 e. The number of methoxy groups -OCH3 is 1. The molecule has 1 atom stereocenters. The SMILES string of the molecule is COc1ccc(CN[C@H](C)C2CCCC2)cc1OC(F)F. The standard InChI is InChI=1S/C16H23F2NO2/c1-11(13-5-3-4-6-13)19-10-12-7-8-14(20-2)15(9-12)21-16(17)18/h7-9,11,13,16,19H,3-6,10H2,1-2H3/t11-/m1/s1. The first-order valence-electron chi connectivity index (χ1n) is 7.45. The van der Waals surface area contributed by atoms with E-state index in [2.05, 4.69) is 17.0 Å². The molecule has 1 saturated carbocycles. The Morgan fingerprint density at radius 2 is 1.95 bits per heavy atom. The molecule has 1 aromatic carbocycles. The summed E-state index contributed by atoms with van der Waals surface area (Å²) in [5.74, 6) is 1.13. The molecule has 2 rings (SSSR count). The van der Waals surface area contributed by atoms with Crippen molar-refractivity contribution in [3.63, 3.8) is 0 Å². The highest BCUT2D eigenvalue weighted by atomic mass is 19.3. The van der Waals surface area contributed by atoms with Gasteiger partial charge in [0.15, 0.2) is 11.5 Å². The zero-order valence-corrected chi connectivity index (χ0v) is 12.6. The maximum absolute atomic E-state index is 12.4. The van der Waals surface area contributed by atoms with Gasteiger partial charge in [-0.2, -0.15) is 8.78 Å². The van der Waals surface area contributed by atoms with E-state index >= 15 is 0 Å². The van der Waals surface area contributed by atoms with Gasteiger partial charge < -0.3 is 14.8 Å². The zero-order valence-electron chi connectivity index (χ0n) is 12.6. The Kier molecular flexibility index (Phi) is 5.79. The minimum absolute atomic E-state index is 0.0836. The van der Waals surface area contributed by atoms with Crippen molar-refractivity contribution in [1.29, 1.82) is 0 Å². The summed E-state index contributed by atoms with van der Waals surface area (Å²) in [6.07, 6.45) is 5.17. The van der Waals surface area contributed by atoms with Gasteiger partial charge in [0, 0.05) is 12.6 Å². The predicted octanol–water partition coefficient (Wildman–Crippen LogP) is 3.96. The molecule has 0 spiro atoms. The molecule has 21 heavy (non-hydrogen) atoms.